The van der Waals surface area contributed by atoms with Crippen LogP contribution in [-0.2, 0) is 4.79 Å². The highest BCUT2D eigenvalue weighted by Gasteiger charge is 2.25. The third-order valence-electron chi connectivity index (χ3n) is 3.33. The number of hydrogen-bond donors (Lipinski definition) is 2. The molecule has 0 radical (unpaired) electrons. The molecule has 2 rings (SSSR count). The van der Waals surface area contributed by atoms with Gasteiger partial charge in [0, 0.05) is 38.7 Å². The normalized spacial score (nSPS) is 15.8. The molecule has 0 saturated carbocycles. The first-order valence-corrected chi connectivity index (χ1v) is 6.85. The molecule has 3 N–H and O–H groups in total. The zero-order valence-corrected chi connectivity index (χ0v) is 11.9. The highest BCUT2D eigenvalue weighted by atomic mass is 16.2. The molecule has 2 amide bonds. The summed E-state index contributed by atoms with van der Waals surface area (Å²) in [5, 5.41) is 6.36. The molecule has 0 unspecified atom stereocenters. The van der Waals surface area contributed by atoms with Crippen molar-refractivity contribution in [2.24, 2.45) is 5.92 Å². The van der Waals surface area contributed by atoms with Gasteiger partial charge in [-0.05, 0) is 5.92 Å². The number of anilines is 1. The van der Waals surface area contributed by atoms with E-state index in [1.54, 1.807) is 4.90 Å². The van der Waals surface area contributed by atoms with Crippen LogP contribution >= 0.6 is 0 Å². The monoisotopic (exact) mass is 279 g/mol. The summed E-state index contributed by atoms with van der Waals surface area (Å²) in [6.45, 7) is 6.31. The molecule has 1 aromatic rings. The molecule has 0 atom stereocenters. The summed E-state index contributed by atoms with van der Waals surface area (Å²) in [6.07, 6.45) is 0.561. The zero-order valence-electron chi connectivity index (χ0n) is 11.9. The predicted octanol–water partition coefficient (Wildman–Crippen LogP) is 0.322. The van der Waals surface area contributed by atoms with Crippen LogP contribution in [0.1, 0.15) is 30.8 Å². The molecule has 1 aliphatic heterocycles. The fraction of sp³-hybridized carbons (Fsp3) is 0.615. The standard InChI is InChI=1S/C13H21N5O2/c1-9(2)7-12(19)17-3-5-18(6-4-17)13(20)10-8-11(14)16-15-10/h8-9H,3-7H2,1-2H3,(H3,14,15,16). The van der Waals surface area contributed by atoms with Gasteiger partial charge in [0.25, 0.3) is 5.91 Å². The van der Waals surface area contributed by atoms with Gasteiger partial charge < -0.3 is 15.5 Å². The number of amides is 2. The molecule has 110 valence electrons. The van der Waals surface area contributed by atoms with E-state index in [4.69, 9.17) is 5.73 Å². The van der Waals surface area contributed by atoms with Gasteiger partial charge in [-0.1, -0.05) is 13.8 Å². The largest absolute Gasteiger partial charge is 0.382 e. The van der Waals surface area contributed by atoms with Crippen molar-refractivity contribution >= 4 is 17.6 Å². The van der Waals surface area contributed by atoms with Crippen LogP contribution in [0.3, 0.4) is 0 Å². The molecule has 20 heavy (non-hydrogen) atoms. The average molecular weight is 279 g/mol. The quantitative estimate of drug-likeness (QED) is 0.833. The Bertz CT molecular complexity index is 489. The number of nitrogens with two attached hydrogens (primary N) is 1. The lowest BCUT2D eigenvalue weighted by molar-refractivity contribution is -0.133. The van der Waals surface area contributed by atoms with Crippen molar-refractivity contribution in [1.82, 2.24) is 20.0 Å². The van der Waals surface area contributed by atoms with E-state index in [2.05, 4.69) is 10.2 Å². The zero-order chi connectivity index (χ0) is 14.7. The van der Waals surface area contributed by atoms with Gasteiger partial charge >= 0.3 is 0 Å². The molecule has 1 saturated heterocycles. The van der Waals surface area contributed by atoms with Gasteiger partial charge in [-0.25, -0.2) is 0 Å². The molecule has 1 aliphatic rings. The van der Waals surface area contributed by atoms with Crippen molar-refractivity contribution in [3.8, 4) is 0 Å². The minimum Gasteiger partial charge on any atom is -0.382 e. The van der Waals surface area contributed by atoms with Gasteiger partial charge in [-0.3, -0.25) is 14.7 Å². The van der Waals surface area contributed by atoms with E-state index in [0.29, 0.717) is 50.0 Å². The van der Waals surface area contributed by atoms with Crippen LogP contribution in [0.4, 0.5) is 5.82 Å². The molecular weight excluding hydrogens is 258 g/mol. The van der Waals surface area contributed by atoms with Crippen LogP contribution in [0.25, 0.3) is 0 Å². The Balaban J connectivity index is 1.88. The minimum absolute atomic E-state index is 0.120. The number of carbonyl (C=O) groups is 2. The number of H-pyrrole nitrogens is 1. The highest BCUT2D eigenvalue weighted by molar-refractivity contribution is 5.93. The van der Waals surface area contributed by atoms with E-state index in [1.807, 2.05) is 18.7 Å². The first-order chi connectivity index (χ1) is 9.47. The van der Waals surface area contributed by atoms with Crippen molar-refractivity contribution in [2.45, 2.75) is 20.3 Å². The van der Waals surface area contributed by atoms with E-state index >= 15 is 0 Å². The van der Waals surface area contributed by atoms with Gasteiger partial charge in [0.15, 0.2) is 0 Å². The summed E-state index contributed by atoms with van der Waals surface area (Å²) >= 11 is 0. The van der Waals surface area contributed by atoms with E-state index in [0.717, 1.165) is 0 Å². The van der Waals surface area contributed by atoms with Crippen LogP contribution in [0.15, 0.2) is 6.07 Å². The molecule has 1 aromatic heterocycles. The first kappa shape index (κ1) is 14.4. The lowest BCUT2D eigenvalue weighted by atomic mass is 10.1. The summed E-state index contributed by atoms with van der Waals surface area (Å²) in [7, 11) is 0. The lowest BCUT2D eigenvalue weighted by Gasteiger charge is -2.34. The summed E-state index contributed by atoms with van der Waals surface area (Å²) in [5.74, 6) is 0.706. The Morgan fingerprint density at radius 3 is 2.40 bits per heavy atom. The number of aromatic amines is 1. The molecule has 2 heterocycles. The molecular formula is C13H21N5O2. The summed E-state index contributed by atoms with van der Waals surface area (Å²) in [5.41, 5.74) is 5.88. The van der Waals surface area contributed by atoms with Crippen molar-refractivity contribution < 1.29 is 9.59 Å². The third kappa shape index (κ3) is 3.28. The molecule has 0 aliphatic carbocycles. The molecule has 0 aromatic carbocycles. The van der Waals surface area contributed by atoms with Crippen molar-refractivity contribution in [3.63, 3.8) is 0 Å². The first-order valence-electron chi connectivity index (χ1n) is 6.85. The maximum atomic E-state index is 12.2. The molecule has 7 heteroatoms. The van der Waals surface area contributed by atoms with Crippen LogP contribution in [0, 0.1) is 5.92 Å². The Morgan fingerprint density at radius 1 is 1.30 bits per heavy atom. The van der Waals surface area contributed by atoms with Crippen molar-refractivity contribution in [1.29, 1.82) is 0 Å². The average Bonchev–Trinajstić information content (AvgIpc) is 2.84. The number of hydrogen-bond acceptors (Lipinski definition) is 4. The second kappa shape index (κ2) is 5.94. The number of nitrogens with zero attached hydrogens (tertiary/aromatic N) is 3. The number of aromatic nitrogens is 2. The van der Waals surface area contributed by atoms with Crippen LogP contribution < -0.4 is 5.73 Å². The number of nitrogen functional groups attached to an aromatic ring is 1. The fourth-order valence-corrected chi connectivity index (χ4v) is 2.25. The number of carbonyl (C=O) groups excluding carboxylic acids is 2. The molecule has 1 fully saturated rings. The Kier molecular flexibility index (Phi) is 4.26. The number of nitrogens with one attached hydrogen (secondary N) is 1. The smallest absolute Gasteiger partial charge is 0.272 e. The van der Waals surface area contributed by atoms with Crippen molar-refractivity contribution in [2.75, 3.05) is 31.9 Å². The van der Waals surface area contributed by atoms with Gasteiger partial charge in [-0.2, -0.15) is 5.10 Å². The Labute approximate surface area is 118 Å². The van der Waals surface area contributed by atoms with Crippen LogP contribution in [0.2, 0.25) is 0 Å². The number of rotatable bonds is 3. The van der Waals surface area contributed by atoms with Gasteiger partial charge in [0.2, 0.25) is 5.91 Å². The molecule has 7 nitrogen and oxygen atoms in total. The van der Waals surface area contributed by atoms with E-state index < -0.39 is 0 Å². The fourth-order valence-electron chi connectivity index (χ4n) is 2.25. The van der Waals surface area contributed by atoms with E-state index in [9.17, 15) is 9.59 Å². The van der Waals surface area contributed by atoms with E-state index in [-0.39, 0.29) is 11.8 Å². The van der Waals surface area contributed by atoms with Gasteiger partial charge in [0.05, 0.1) is 0 Å². The second-order valence-electron chi connectivity index (χ2n) is 5.48. The topological polar surface area (TPSA) is 95.3 Å². The SMILES string of the molecule is CC(C)CC(=O)N1CCN(C(=O)c2cc(N)n[nH]2)CC1. The van der Waals surface area contributed by atoms with Crippen LogP contribution in [-0.4, -0.2) is 58.0 Å². The highest BCUT2D eigenvalue weighted by Crippen LogP contribution is 2.11. The second-order valence-corrected chi connectivity index (χ2v) is 5.48. The maximum absolute atomic E-state index is 12.2. The van der Waals surface area contributed by atoms with E-state index in [1.165, 1.54) is 6.07 Å². The third-order valence-corrected chi connectivity index (χ3v) is 3.33. The number of piperazine rings is 1. The summed E-state index contributed by atoms with van der Waals surface area (Å²) < 4.78 is 0. The Morgan fingerprint density at radius 2 is 1.90 bits per heavy atom. The minimum atomic E-state index is -0.120. The van der Waals surface area contributed by atoms with Gasteiger partial charge in [-0.15, -0.1) is 0 Å². The summed E-state index contributed by atoms with van der Waals surface area (Å²) in [4.78, 5) is 27.7. The molecule has 0 spiro atoms. The predicted molar refractivity (Wildman–Crippen MR) is 74.9 cm³/mol. The maximum Gasteiger partial charge on any atom is 0.272 e. The Hall–Kier alpha value is -2.05. The van der Waals surface area contributed by atoms with Gasteiger partial charge in [0.1, 0.15) is 11.5 Å². The summed E-state index contributed by atoms with van der Waals surface area (Å²) in [6, 6.07) is 1.53. The van der Waals surface area contributed by atoms with Crippen molar-refractivity contribution in [3.05, 3.63) is 11.8 Å². The van der Waals surface area contributed by atoms with Crippen LogP contribution in [0.5, 0.6) is 0 Å². The lowest BCUT2D eigenvalue weighted by Crippen LogP contribution is -2.50. The molecule has 0 bridgehead atoms.